The lowest BCUT2D eigenvalue weighted by Crippen LogP contribution is -2.31. The number of hydrogen-bond acceptors (Lipinski definition) is 6. The molecule has 26 heavy (non-hydrogen) atoms. The lowest BCUT2D eigenvalue weighted by atomic mass is 10.1. The Kier molecular flexibility index (Phi) is 6.23. The molecule has 0 radical (unpaired) electrons. The van der Waals surface area contributed by atoms with Crippen LogP contribution in [0.15, 0.2) is 18.2 Å². The van der Waals surface area contributed by atoms with Crippen molar-refractivity contribution in [3.63, 3.8) is 0 Å². The number of esters is 1. The number of hydrogen-bond donors (Lipinski definition) is 2. The fourth-order valence-corrected chi connectivity index (χ4v) is 2.47. The number of nitrogen functional groups attached to an aromatic ring is 1. The fourth-order valence-electron chi connectivity index (χ4n) is 2.06. The molecule has 0 saturated carbocycles. The Morgan fingerprint density at radius 2 is 2.00 bits per heavy atom. The predicted octanol–water partition coefficient (Wildman–Crippen LogP) is 2.69. The van der Waals surface area contributed by atoms with Gasteiger partial charge in [-0.3, -0.25) is 9.59 Å². The van der Waals surface area contributed by atoms with Gasteiger partial charge in [-0.1, -0.05) is 23.2 Å². The van der Waals surface area contributed by atoms with E-state index in [1.54, 1.807) is 0 Å². The molecule has 1 aromatic heterocycles. The molecule has 10 heteroatoms. The van der Waals surface area contributed by atoms with Gasteiger partial charge in [-0.05, 0) is 18.2 Å². The maximum absolute atomic E-state index is 14.6. The third-order valence-corrected chi connectivity index (χ3v) is 4.05. The zero-order chi connectivity index (χ0) is 19.4. The van der Waals surface area contributed by atoms with Crippen molar-refractivity contribution in [2.24, 2.45) is 0 Å². The van der Waals surface area contributed by atoms with E-state index in [0.29, 0.717) is 0 Å². The lowest BCUT2D eigenvalue weighted by molar-refractivity contribution is -0.139. The van der Waals surface area contributed by atoms with Crippen LogP contribution in [0, 0.1) is 5.82 Å². The molecule has 0 saturated heterocycles. The molecule has 1 aromatic carbocycles. The normalized spacial score (nSPS) is 10.3. The average molecular weight is 402 g/mol. The first-order valence-corrected chi connectivity index (χ1v) is 7.89. The van der Waals surface area contributed by atoms with E-state index in [1.807, 2.05) is 0 Å². The quantitative estimate of drug-likeness (QED) is 0.746. The second kappa shape index (κ2) is 8.20. The first kappa shape index (κ1) is 19.7. The van der Waals surface area contributed by atoms with Crippen LogP contribution in [0.2, 0.25) is 10.0 Å². The van der Waals surface area contributed by atoms with Gasteiger partial charge in [0, 0.05) is 5.56 Å². The Bertz CT molecular complexity index is 877. The van der Waals surface area contributed by atoms with Crippen LogP contribution in [-0.4, -0.2) is 37.6 Å². The standard InChI is InChI=1S/C16H14Cl2FN3O4/c1-25-11(23)6-21-16(24)14-12(18)9(20)5-10(22-14)7-3-4-8(17)15(26-2)13(7)19/h3-5H,6H2,1-2H3,(H2,20,22)(H,21,24). The van der Waals surface area contributed by atoms with Gasteiger partial charge in [-0.25, -0.2) is 9.37 Å². The summed E-state index contributed by atoms with van der Waals surface area (Å²) in [4.78, 5) is 27.4. The zero-order valence-electron chi connectivity index (χ0n) is 13.7. The van der Waals surface area contributed by atoms with Crippen LogP contribution in [0.4, 0.5) is 10.1 Å². The number of amides is 1. The molecule has 0 aliphatic rings. The summed E-state index contributed by atoms with van der Waals surface area (Å²) in [6.07, 6.45) is 0. The highest BCUT2D eigenvalue weighted by atomic mass is 35.5. The van der Waals surface area contributed by atoms with E-state index < -0.39 is 17.7 Å². The number of nitrogens with zero attached hydrogens (tertiary/aromatic N) is 1. The predicted molar refractivity (Wildman–Crippen MR) is 95.0 cm³/mol. The van der Waals surface area contributed by atoms with Crippen LogP contribution >= 0.6 is 23.2 Å². The van der Waals surface area contributed by atoms with Crippen molar-refractivity contribution in [1.82, 2.24) is 10.3 Å². The number of ether oxygens (including phenoxy) is 2. The number of benzene rings is 1. The number of nitrogens with two attached hydrogens (primary N) is 1. The highest BCUT2D eigenvalue weighted by molar-refractivity contribution is 6.36. The van der Waals surface area contributed by atoms with Crippen LogP contribution in [0.5, 0.6) is 5.75 Å². The van der Waals surface area contributed by atoms with Crippen LogP contribution < -0.4 is 15.8 Å². The molecule has 3 N–H and O–H groups in total. The molecule has 0 fully saturated rings. The van der Waals surface area contributed by atoms with Crippen molar-refractivity contribution in [2.75, 3.05) is 26.5 Å². The Labute approximate surface area is 158 Å². The molecule has 0 aliphatic heterocycles. The van der Waals surface area contributed by atoms with Gasteiger partial charge in [-0.15, -0.1) is 0 Å². The Morgan fingerprint density at radius 1 is 1.31 bits per heavy atom. The summed E-state index contributed by atoms with van der Waals surface area (Å²) >= 11 is 11.9. The number of methoxy groups -OCH3 is 2. The average Bonchev–Trinajstić information content (AvgIpc) is 2.62. The minimum Gasteiger partial charge on any atom is -0.492 e. The molecule has 0 aliphatic carbocycles. The summed E-state index contributed by atoms with van der Waals surface area (Å²) in [5, 5.41) is 2.24. The number of halogens is 3. The summed E-state index contributed by atoms with van der Waals surface area (Å²) < 4.78 is 24.0. The summed E-state index contributed by atoms with van der Waals surface area (Å²) in [7, 11) is 2.44. The van der Waals surface area contributed by atoms with E-state index in [9.17, 15) is 14.0 Å². The Hall–Kier alpha value is -2.58. The summed E-state index contributed by atoms with van der Waals surface area (Å²) in [6, 6.07) is 4.10. The highest BCUT2D eigenvalue weighted by Crippen LogP contribution is 2.36. The fraction of sp³-hybridized carbons (Fsp3) is 0.188. The molecule has 138 valence electrons. The number of pyridine rings is 1. The van der Waals surface area contributed by atoms with Gasteiger partial charge in [0.05, 0.1) is 35.6 Å². The molecule has 1 amide bonds. The molecule has 2 aromatic rings. The van der Waals surface area contributed by atoms with Gasteiger partial charge in [0.1, 0.15) is 12.2 Å². The van der Waals surface area contributed by atoms with Gasteiger partial charge in [-0.2, -0.15) is 0 Å². The maximum atomic E-state index is 14.6. The number of nitrogens with one attached hydrogen (secondary N) is 1. The second-order valence-electron chi connectivity index (χ2n) is 4.96. The summed E-state index contributed by atoms with van der Waals surface area (Å²) in [6.45, 7) is -0.388. The van der Waals surface area contributed by atoms with E-state index in [1.165, 1.54) is 32.4 Å². The number of aromatic nitrogens is 1. The Morgan fingerprint density at radius 3 is 2.62 bits per heavy atom. The van der Waals surface area contributed by atoms with Crippen LogP contribution in [0.3, 0.4) is 0 Å². The monoisotopic (exact) mass is 401 g/mol. The number of rotatable bonds is 5. The highest BCUT2D eigenvalue weighted by Gasteiger charge is 2.21. The largest absolute Gasteiger partial charge is 0.492 e. The SMILES string of the molecule is COC(=O)CNC(=O)c1nc(-c2ccc(Cl)c(OC)c2F)cc(N)c1Cl. The molecular formula is C16H14Cl2FN3O4. The minimum absolute atomic E-state index is 0.00759. The van der Waals surface area contributed by atoms with E-state index in [0.717, 1.165) is 0 Å². The van der Waals surface area contributed by atoms with E-state index >= 15 is 0 Å². The minimum atomic E-state index is -0.768. The third-order valence-electron chi connectivity index (χ3n) is 3.35. The summed E-state index contributed by atoms with van der Waals surface area (Å²) in [5.41, 5.74) is 5.60. The van der Waals surface area contributed by atoms with Crippen molar-refractivity contribution in [3.05, 3.63) is 39.8 Å². The number of carbonyl (C=O) groups is 2. The van der Waals surface area contributed by atoms with Crippen LogP contribution in [0.25, 0.3) is 11.3 Å². The maximum Gasteiger partial charge on any atom is 0.325 e. The zero-order valence-corrected chi connectivity index (χ0v) is 15.2. The van der Waals surface area contributed by atoms with Gasteiger partial charge in [0.15, 0.2) is 11.6 Å². The molecule has 2 rings (SSSR count). The van der Waals surface area contributed by atoms with Gasteiger partial charge in [0.25, 0.3) is 5.91 Å². The van der Waals surface area contributed by atoms with E-state index in [2.05, 4.69) is 15.0 Å². The van der Waals surface area contributed by atoms with Crippen molar-refractivity contribution >= 4 is 40.8 Å². The van der Waals surface area contributed by atoms with Crippen molar-refractivity contribution in [1.29, 1.82) is 0 Å². The molecule has 1 heterocycles. The summed E-state index contributed by atoms with van der Waals surface area (Å²) in [5.74, 6) is -2.37. The number of carbonyl (C=O) groups excluding carboxylic acids is 2. The molecule has 0 atom stereocenters. The van der Waals surface area contributed by atoms with Gasteiger partial charge in [0.2, 0.25) is 0 Å². The first-order valence-electron chi connectivity index (χ1n) is 7.13. The van der Waals surface area contributed by atoms with E-state index in [-0.39, 0.29) is 45.0 Å². The lowest BCUT2D eigenvalue weighted by Gasteiger charge is -2.12. The molecule has 7 nitrogen and oxygen atoms in total. The first-order chi connectivity index (χ1) is 12.3. The van der Waals surface area contributed by atoms with Gasteiger partial charge < -0.3 is 20.5 Å². The van der Waals surface area contributed by atoms with Crippen LogP contribution in [-0.2, 0) is 9.53 Å². The second-order valence-corrected chi connectivity index (χ2v) is 5.75. The third kappa shape index (κ3) is 3.97. The molecule has 0 spiro atoms. The Balaban J connectivity index is 2.48. The molecule has 0 bridgehead atoms. The van der Waals surface area contributed by atoms with Crippen LogP contribution in [0.1, 0.15) is 10.5 Å². The smallest absolute Gasteiger partial charge is 0.325 e. The van der Waals surface area contributed by atoms with Crippen molar-refractivity contribution in [2.45, 2.75) is 0 Å². The molecular weight excluding hydrogens is 388 g/mol. The number of anilines is 1. The van der Waals surface area contributed by atoms with E-state index in [4.69, 9.17) is 33.7 Å². The molecule has 0 unspecified atom stereocenters. The van der Waals surface area contributed by atoms with Crippen molar-refractivity contribution < 1.29 is 23.5 Å². The van der Waals surface area contributed by atoms with Crippen molar-refractivity contribution in [3.8, 4) is 17.0 Å². The topological polar surface area (TPSA) is 104 Å². The van der Waals surface area contributed by atoms with Gasteiger partial charge >= 0.3 is 5.97 Å².